The van der Waals surface area contributed by atoms with Gasteiger partial charge in [0.25, 0.3) is 0 Å². The van der Waals surface area contributed by atoms with Gasteiger partial charge < -0.3 is 14.8 Å². The van der Waals surface area contributed by atoms with Gasteiger partial charge in [-0.2, -0.15) is 0 Å². The summed E-state index contributed by atoms with van der Waals surface area (Å²) in [5.41, 5.74) is 1.43. The molecular weight excluding hydrogens is 322 g/mol. The minimum absolute atomic E-state index is 0.0309. The van der Waals surface area contributed by atoms with Gasteiger partial charge in [0.05, 0.1) is 11.9 Å². The van der Waals surface area contributed by atoms with Crippen LogP contribution in [0.3, 0.4) is 0 Å². The lowest BCUT2D eigenvalue weighted by atomic mass is 10.2. The number of rotatable bonds is 3. The number of fused-ring (bicyclic) bond motifs is 4. The Morgan fingerprint density at radius 3 is 3.04 bits per heavy atom. The van der Waals surface area contributed by atoms with Crippen molar-refractivity contribution in [2.24, 2.45) is 0 Å². The predicted molar refractivity (Wildman–Crippen MR) is 94.3 cm³/mol. The maximum atomic E-state index is 6.01. The first kappa shape index (κ1) is 14.0. The average molecular weight is 339 g/mol. The van der Waals surface area contributed by atoms with E-state index in [1.165, 1.54) is 28.7 Å². The highest BCUT2D eigenvalue weighted by atomic mass is 32.1. The monoisotopic (exact) mass is 339 g/mol. The highest BCUT2D eigenvalue weighted by Crippen LogP contribution is 2.39. The van der Waals surface area contributed by atoms with Gasteiger partial charge in [-0.3, -0.25) is 0 Å². The molecule has 122 valence electrons. The van der Waals surface area contributed by atoms with Gasteiger partial charge in [-0.1, -0.05) is 12.1 Å². The number of ether oxygens (including phenoxy) is 2. The van der Waals surface area contributed by atoms with Gasteiger partial charge in [-0.05, 0) is 37.0 Å². The first-order valence-electron chi connectivity index (χ1n) is 8.26. The Kier molecular flexibility index (Phi) is 3.29. The first-order chi connectivity index (χ1) is 11.9. The van der Waals surface area contributed by atoms with Crippen molar-refractivity contribution in [2.45, 2.75) is 25.4 Å². The summed E-state index contributed by atoms with van der Waals surface area (Å²) in [6.45, 7) is 1.20. The molecule has 0 radical (unpaired) electrons. The molecule has 6 heteroatoms. The topological polar surface area (TPSA) is 56.3 Å². The van der Waals surface area contributed by atoms with Crippen LogP contribution >= 0.6 is 11.3 Å². The highest BCUT2D eigenvalue weighted by molar-refractivity contribution is 7.19. The number of thiophene rings is 1. The summed E-state index contributed by atoms with van der Waals surface area (Å²) in [5.74, 6) is 2.54. The second kappa shape index (κ2) is 5.63. The van der Waals surface area contributed by atoms with Crippen molar-refractivity contribution in [1.29, 1.82) is 0 Å². The summed E-state index contributed by atoms with van der Waals surface area (Å²) in [7, 11) is 0. The van der Waals surface area contributed by atoms with E-state index in [9.17, 15) is 0 Å². The van der Waals surface area contributed by atoms with E-state index in [0.29, 0.717) is 13.2 Å². The molecule has 1 N–H and O–H groups in total. The minimum atomic E-state index is -0.0309. The van der Waals surface area contributed by atoms with Crippen LogP contribution in [0, 0.1) is 0 Å². The zero-order valence-electron chi connectivity index (χ0n) is 13.1. The molecule has 1 aliphatic heterocycles. The lowest BCUT2D eigenvalue weighted by Crippen LogP contribution is -2.35. The van der Waals surface area contributed by atoms with Gasteiger partial charge in [0.2, 0.25) is 0 Å². The second-order valence-corrected chi connectivity index (χ2v) is 7.22. The zero-order chi connectivity index (χ0) is 15.9. The van der Waals surface area contributed by atoms with Crippen LogP contribution in [0.25, 0.3) is 10.2 Å². The van der Waals surface area contributed by atoms with E-state index in [-0.39, 0.29) is 6.10 Å². The molecule has 0 fully saturated rings. The zero-order valence-corrected chi connectivity index (χ0v) is 13.9. The predicted octanol–water partition coefficient (Wildman–Crippen LogP) is 3.43. The molecule has 5 rings (SSSR count). The average Bonchev–Trinajstić information content (AvgIpc) is 3.20. The molecule has 0 saturated carbocycles. The van der Waals surface area contributed by atoms with E-state index in [0.717, 1.165) is 28.6 Å². The highest BCUT2D eigenvalue weighted by Gasteiger charge is 2.23. The molecule has 3 heterocycles. The van der Waals surface area contributed by atoms with Crippen LogP contribution in [0.2, 0.25) is 0 Å². The number of nitrogens with zero attached hydrogens (tertiary/aromatic N) is 2. The van der Waals surface area contributed by atoms with Gasteiger partial charge in [-0.25, -0.2) is 9.97 Å². The van der Waals surface area contributed by atoms with Crippen LogP contribution in [0.15, 0.2) is 30.6 Å². The molecule has 24 heavy (non-hydrogen) atoms. The number of hydrogen-bond donors (Lipinski definition) is 1. The third-order valence-electron chi connectivity index (χ3n) is 4.57. The maximum absolute atomic E-state index is 6.01. The standard InChI is InChI=1S/C18H17N3O2S/c1-2-6-14-13(5-1)22-9-11(23-14)8-19-17-16-12-4-3-7-15(12)24-18(16)21-10-20-17/h1-2,5-6,10-11H,3-4,7-9H2,(H,19,20,21)/t11-/m0/s1. The Labute approximate surface area is 143 Å². The molecule has 2 aromatic heterocycles. The van der Waals surface area contributed by atoms with Gasteiger partial charge in [-0.15, -0.1) is 11.3 Å². The van der Waals surface area contributed by atoms with E-state index in [1.807, 2.05) is 24.3 Å². The molecule has 0 unspecified atom stereocenters. The fourth-order valence-electron chi connectivity index (χ4n) is 3.44. The smallest absolute Gasteiger partial charge is 0.161 e. The molecule has 0 amide bonds. The maximum Gasteiger partial charge on any atom is 0.161 e. The molecule has 0 spiro atoms. The lowest BCUT2D eigenvalue weighted by Gasteiger charge is -2.26. The van der Waals surface area contributed by atoms with E-state index < -0.39 is 0 Å². The summed E-state index contributed by atoms with van der Waals surface area (Å²) in [6.07, 6.45) is 5.16. The normalized spacial score (nSPS) is 18.6. The second-order valence-electron chi connectivity index (χ2n) is 6.14. The number of para-hydroxylation sites is 2. The number of aryl methyl sites for hydroxylation is 2. The van der Waals surface area contributed by atoms with Crippen LogP contribution in [-0.2, 0) is 12.8 Å². The summed E-state index contributed by atoms with van der Waals surface area (Å²) in [5, 5.41) is 4.66. The SMILES string of the molecule is c1ccc2c(c1)OC[C@H](CNc1ncnc3sc4c(c13)CCC4)O2. The molecule has 1 aliphatic carbocycles. The molecule has 0 saturated heterocycles. The Bertz CT molecular complexity index is 908. The van der Waals surface area contributed by atoms with E-state index in [1.54, 1.807) is 17.7 Å². The molecule has 1 aromatic carbocycles. The van der Waals surface area contributed by atoms with Crippen molar-refractivity contribution >= 4 is 27.4 Å². The Morgan fingerprint density at radius 1 is 1.17 bits per heavy atom. The third kappa shape index (κ3) is 2.29. The summed E-state index contributed by atoms with van der Waals surface area (Å²) >= 11 is 1.81. The lowest BCUT2D eigenvalue weighted by molar-refractivity contribution is 0.0997. The number of benzene rings is 1. The van der Waals surface area contributed by atoms with Crippen LogP contribution in [0.4, 0.5) is 5.82 Å². The van der Waals surface area contributed by atoms with Crippen LogP contribution in [0.5, 0.6) is 11.5 Å². The molecule has 3 aromatic rings. The molecule has 1 atom stereocenters. The van der Waals surface area contributed by atoms with Gasteiger partial charge >= 0.3 is 0 Å². The Hall–Kier alpha value is -2.34. The van der Waals surface area contributed by atoms with Crippen LogP contribution in [0.1, 0.15) is 16.9 Å². The first-order valence-corrected chi connectivity index (χ1v) is 9.08. The van der Waals surface area contributed by atoms with Crippen molar-refractivity contribution in [1.82, 2.24) is 9.97 Å². The number of hydrogen-bond acceptors (Lipinski definition) is 6. The van der Waals surface area contributed by atoms with Crippen LogP contribution < -0.4 is 14.8 Å². The molecule has 0 bridgehead atoms. The van der Waals surface area contributed by atoms with Crippen molar-refractivity contribution in [3.05, 3.63) is 41.0 Å². The van der Waals surface area contributed by atoms with Crippen LogP contribution in [-0.4, -0.2) is 29.2 Å². The minimum Gasteiger partial charge on any atom is -0.486 e. The summed E-state index contributed by atoms with van der Waals surface area (Å²) in [4.78, 5) is 11.5. The van der Waals surface area contributed by atoms with Gasteiger partial charge in [0.1, 0.15) is 29.7 Å². The Balaban J connectivity index is 1.37. The van der Waals surface area contributed by atoms with E-state index in [4.69, 9.17) is 9.47 Å². The Morgan fingerprint density at radius 2 is 2.08 bits per heavy atom. The fraction of sp³-hybridized carbons (Fsp3) is 0.333. The summed E-state index contributed by atoms with van der Waals surface area (Å²) < 4.78 is 11.8. The largest absolute Gasteiger partial charge is 0.486 e. The van der Waals surface area contributed by atoms with E-state index in [2.05, 4.69) is 15.3 Å². The molecule has 2 aliphatic rings. The van der Waals surface area contributed by atoms with Crippen molar-refractivity contribution in [3.8, 4) is 11.5 Å². The van der Waals surface area contributed by atoms with Gasteiger partial charge in [0.15, 0.2) is 11.5 Å². The third-order valence-corrected chi connectivity index (χ3v) is 5.77. The summed E-state index contributed by atoms with van der Waals surface area (Å²) in [6, 6.07) is 7.79. The van der Waals surface area contributed by atoms with Crippen molar-refractivity contribution in [2.75, 3.05) is 18.5 Å². The quantitative estimate of drug-likeness (QED) is 0.792. The number of aromatic nitrogens is 2. The fourth-order valence-corrected chi connectivity index (χ4v) is 4.67. The van der Waals surface area contributed by atoms with Gasteiger partial charge in [0, 0.05) is 4.88 Å². The number of nitrogens with one attached hydrogen (secondary N) is 1. The van der Waals surface area contributed by atoms with Crippen molar-refractivity contribution in [3.63, 3.8) is 0 Å². The van der Waals surface area contributed by atoms with Crippen molar-refractivity contribution < 1.29 is 9.47 Å². The number of anilines is 1. The molecule has 5 nitrogen and oxygen atoms in total. The molecular formula is C18H17N3O2S. The van der Waals surface area contributed by atoms with E-state index >= 15 is 0 Å².